The van der Waals surface area contributed by atoms with Gasteiger partial charge in [-0.1, -0.05) is 39.3 Å². The van der Waals surface area contributed by atoms with Crippen LogP contribution >= 0.6 is 11.6 Å². The highest BCUT2D eigenvalue weighted by molar-refractivity contribution is 6.35. The first-order valence-electron chi connectivity index (χ1n) is 9.89. The molecule has 3 rings (SSSR count). The van der Waals surface area contributed by atoms with Gasteiger partial charge in [-0.25, -0.2) is 4.39 Å². The highest BCUT2D eigenvalue weighted by Gasteiger charge is 2.22. The summed E-state index contributed by atoms with van der Waals surface area (Å²) in [6, 6.07) is 5.09. The first-order valence-corrected chi connectivity index (χ1v) is 10.3. The smallest absolute Gasteiger partial charge is 0.132 e. The van der Waals surface area contributed by atoms with Crippen molar-refractivity contribution in [3.05, 3.63) is 34.7 Å². The molecule has 1 aromatic heterocycles. The molecule has 0 radical (unpaired) electrons. The van der Waals surface area contributed by atoms with Crippen LogP contribution in [-0.2, 0) is 11.3 Å². The quantitative estimate of drug-likeness (QED) is 0.641. The van der Waals surface area contributed by atoms with Gasteiger partial charge in [0, 0.05) is 43.8 Å². The summed E-state index contributed by atoms with van der Waals surface area (Å²) in [4.78, 5) is 0. The number of hydrogen-bond donors (Lipinski definition) is 1. The molecule has 0 amide bonds. The number of aryl methyl sites for hydroxylation is 1. The molecule has 1 saturated heterocycles. The van der Waals surface area contributed by atoms with Crippen LogP contribution in [0.4, 0.5) is 4.39 Å². The van der Waals surface area contributed by atoms with Gasteiger partial charge in [0.2, 0.25) is 0 Å². The van der Waals surface area contributed by atoms with Crippen molar-refractivity contribution in [2.24, 2.45) is 0 Å². The second kappa shape index (κ2) is 12.3. The van der Waals surface area contributed by atoms with Crippen LogP contribution in [0.2, 0.25) is 5.02 Å². The first-order chi connectivity index (χ1) is 12.7. The van der Waals surface area contributed by atoms with E-state index < -0.39 is 0 Å². The minimum atomic E-state index is -0.199. The van der Waals surface area contributed by atoms with Crippen molar-refractivity contribution in [1.82, 2.24) is 9.88 Å². The number of methoxy groups -OCH3 is 1. The zero-order chi connectivity index (χ0) is 19.5. The molecular weight excluding hydrogens is 351 g/mol. The Morgan fingerprint density at radius 1 is 1.27 bits per heavy atom. The van der Waals surface area contributed by atoms with Gasteiger partial charge in [0.1, 0.15) is 5.82 Å². The second-order valence-corrected chi connectivity index (χ2v) is 6.31. The number of rotatable bonds is 5. The van der Waals surface area contributed by atoms with Crippen molar-refractivity contribution in [2.75, 3.05) is 26.8 Å². The molecule has 1 atom stereocenters. The van der Waals surface area contributed by atoms with Gasteiger partial charge >= 0.3 is 0 Å². The molecule has 26 heavy (non-hydrogen) atoms. The van der Waals surface area contributed by atoms with Crippen molar-refractivity contribution in [3.8, 4) is 0 Å². The third-order valence-electron chi connectivity index (χ3n) is 4.43. The Morgan fingerprint density at radius 2 is 2.00 bits per heavy atom. The molecule has 0 spiro atoms. The highest BCUT2D eigenvalue weighted by atomic mass is 35.5. The van der Waals surface area contributed by atoms with Crippen LogP contribution in [0.25, 0.3) is 10.9 Å². The number of ether oxygens (including phenoxy) is 1. The van der Waals surface area contributed by atoms with Crippen LogP contribution in [0.5, 0.6) is 0 Å². The average molecular weight is 385 g/mol. The summed E-state index contributed by atoms with van der Waals surface area (Å²) in [5.41, 5.74) is 2.00. The molecule has 1 N–H and O–H groups in total. The van der Waals surface area contributed by atoms with Crippen LogP contribution < -0.4 is 5.32 Å². The van der Waals surface area contributed by atoms with Crippen molar-refractivity contribution in [2.45, 2.75) is 59.4 Å². The molecule has 1 fully saturated rings. The number of nitrogens with one attached hydrogen (secondary N) is 1. The standard InChI is InChI=1S/C17H22ClFN2O.2C2H6/c1-22-9-3-8-21-16(12-4-2-7-20-11-12)10-13-15(19)6-5-14(18)17(13)21;2*1-2/h5-6,10,12,20H,2-4,7-9,11H2,1H3;2*1-2H3. The maximum atomic E-state index is 14.2. The Hall–Kier alpha value is -1.10. The second-order valence-electron chi connectivity index (χ2n) is 5.90. The molecular formula is C21H34ClFN2O. The number of fused-ring (bicyclic) bond motifs is 1. The van der Waals surface area contributed by atoms with Crippen molar-refractivity contribution >= 4 is 22.5 Å². The van der Waals surface area contributed by atoms with E-state index in [4.69, 9.17) is 16.3 Å². The zero-order valence-electron chi connectivity index (χ0n) is 16.9. The highest BCUT2D eigenvalue weighted by Crippen LogP contribution is 2.34. The molecule has 1 unspecified atom stereocenters. The molecule has 1 aromatic carbocycles. The number of hydrogen-bond acceptors (Lipinski definition) is 2. The zero-order valence-corrected chi connectivity index (χ0v) is 17.6. The van der Waals surface area contributed by atoms with Crippen LogP contribution in [0.1, 0.15) is 58.6 Å². The lowest BCUT2D eigenvalue weighted by molar-refractivity contribution is 0.190. The Kier molecular flexibility index (Phi) is 10.9. The predicted molar refractivity (Wildman–Crippen MR) is 111 cm³/mol. The number of nitrogens with zero attached hydrogens (tertiary/aromatic N) is 1. The minimum absolute atomic E-state index is 0.199. The summed E-state index contributed by atoms with van der Waals surface area (Å²) in [7, 11) is 1.70. The largest absolute Gasteiger partial charge is 0.385 e. The molecule has 0 bridgehead atoms. The fourth-order valence-corrected chi connectivity index (χ4v) is 3.64. The van der Waals surface area contributed by atoms with E-state index in [1.807, 2.05) is 33.8 Å². The van der Waals surface area contributed by atoms with Gasteiger partial charge in [0.25, 0.3) is 0 Å². The predicted octanol–water partition coefficient (Wildman–Crippen LogP) is 5.99. The van der Waals surface area contributed by atoms with E-state index in [0.717, 1.165) is 44.4 Å². The van der Waals surface area contributed by atoms with Crippen molar-refractivity contribution in [3.63, 3.8) is 0 Å². The van der Waals surface area contributed by atoms with E-state index in [2.05, 4.69) is 9.88 Å². The number of aromatic nitrogens is 1. The molecule has 3 nitrogen and oxygen atoms in total. The molecule has 0 saturated carbocycles. The summed E-state index contributed by atoms with van der Waals surface area (Å²) < 4.78 is 21.6. The molecule has 1 aliphatic rings. The molecule has 1 aliphatic heterocycles. The lowest BCUT2D eigenvalue weighted by atomic mass is 9.96. The van der Waals surface area contributed by atoms with Gasteiger partial charge in [0.05, 0.1) is 10.5 Å². The van der Waals surface area contributed by atoms with E-state index in [9.17, 15) is 4.39 Å². The summed E-state index contributed by atoms with van der Waals surface area (Å²) in [5, 5.41) is 4.68. The van der Waals surface area contributed by atoms with Crippen LogP contribution in [-0.4, -0.2) is 31.4 Å². The van der Waals surface area contributed by atoms with Gasteiger partial charge in [-0.15, -0.1) is 0 Å². The Labute approximate surface area is 162 Å². The van der Waals surface area contributed by atoms with Gasteiger partial charge in [-0.05, 0) is 44.0 Å². The maximum absolute atomic E-state index is 14.2. The summed E-state index contributed by atoms with van der Waals surface area (Å²) in [5.74, 6) is 0.217. The Balaban J connectivity index is 0.000000791. The topological polar surface area (TPSA) is 26.2 Å². The third kappa shape index (κ3) is 5.45. The number of benzene rings is 1. The molecule has 2 heterocycles. The van der Waals surface area contributed by atoms with Crippen LogP contribution in [0.3, 0.4) is 0 Å². The Bertz CT molecular complexity index is 651. The van der Waals surface area contributed by atoms with E-state index in [1.165, 1.54) is 11.8 Å². The number of piperidine rings is 1. The van der Waals surface area contributed by atoms with Crippen LogP contribution in [0.15, 0.2) is 18.2 Å². The third-order valence-corrected chi connectivity index (χ3v) is 4.74. The van der Waals surface area contributed by atoms with E-state index in [1.54, 1.807) is 13.2 Å². The average Bonchev–Trinajstić information content (AvgIpc) is 3.10. The fraction of sp³-hybridized carbons (Fsp3) is 0.619. The lowest BCUT2D eigenvalue weighted by Gasteiger charge is -2.24. The number of halogens is 2. The molecule has 0 aliphatic carbocycles. The van der Waals surface area contributed by atoms with Crippen LogP contribution in [0, 0.1) is 5.82 Å². The maximum Gasteiger partial charge on any atom is 0.132 e. The summed E-state index contributed by atoms with van der Waals surface area (Å²) >= 11 is 6.36. The molecule has 2 aromatic rings. The van der Waals surface area contributed by atoms with Crippen molar-refractivity contribution in [1.29, 1.82) is 0 Å². The normalized spacial score (nSPS) is 16.5. The van der Waals surface area contributed by atoms with E-state index >= 15 is 0 Å². The van der Waals surface area contributed by atoms with E-state index in [-0.39, 0.29) is 5.82 Å². The van der Waals surface area contributed by atoms with Gasteiger partial charge in [-0.2, -0.15) is 0 Å². The molecule has 148 valence electrons. The SMILES string of the molecule is CC.CC.COCCCn1c(C2CCCNC2)cc2c(F)ccc(Cl)c21. The van der Waals surface area contributed by atoms with E-state index in [0.29, 0.717) is 22.9 Å². The fourth-order valence-electron chi connectivity index (χ4n) is 3.37. The van der Waals surface area contributed by atoms with Crippen molar-refractivity contribution < 1.29 is 9.13 Å². The van der Waals surface area contributed by atoms with Gasteiger partial charge in [0.15, 0.2) is 0 Å². The minimum Gasteiger partial charge on any atom is -0.385 e. The molecule has 5 heteroatoms. The Morgan fingerprint density at radius 3 is 2.62 bits per heavy atom. The van der Waals surface area contributed by atoms with Gasteiger partial charge in [-0.3, -0.25) is 0 Å². The summed E-state index contributed by atoms with van der Waals surface area (Å²) in [6.45, 7) is 11.5. The lowest BCUT2D eigenvalue weighted by Crippen LogP contribution is -2.29. The monoisotopic (exact) mass is 384 g/mol. The summed E-state index contributed by atoms with van der Waals surface area (Å²) in [6.07, 6.45) is 3.17. The van der Waals surface area contributed by atoms with Gasteiger partial charge < -0.3 is 14.6 Å². The first kappa shape index (κ1) is 22.9.